The molecule has 0 bridgehead atoms. The number of hydrogen-bond acceptors (Lipinski definition) is 4. The summed E-state index contributed by atoms with van der Waals surface area (Å²) in [6.45, 7) is 5.66. The first kappa shape index (κ1) is 12.8. The van der Waals surface area contributed by atoms with Gasteiger partial charge in [-0.3, -0.25) is 9.78 Å². The molecule has 2 heterocycles. The summed E-state index contributed by atoms with van der Waals surface area (Å²) in [6, 6.07) is 3.62. The Bertz CT molecular complexity index is 442. The van der Waals surface area contributed by atoms with Gasteiger partial charge in [0.15, 0.2) is 0 Å². The van der Waals surface area contributed by atoms with Gasteiger partial charge in [0.2, 0.25) is 0 Å². The summed E-state index contributed by atoms with van der Waals surface area (Å²) in [7, 11) is 0. The third-order valence-electron chi connectivity index (χ3n) is 3.31. The molecule has 0 atom stereocenters. The Hall–Kier alpha value is -1.62. The SMILES string of the molecule is CCNC(=O)c1cc(N2CC(O)(CC)C2)ccn1. The zero-order valence-electron chi connectivity index (χ0n) is 10.8. The number of pyridine rings is 1. The van der Waals surface area contributed by atoms with Crippen LogP contribution < -0.4 is 10.2 Å². The fourth-order valence-electron chi connectivity index (χ4n) is 2.06. The van der Waals surface area contributed by atoms with E-state index in [2.05, 4.69) is 10.3 Å². The second-order valence-electron chi connectivity index (χ2n) is 4.69. The first-order chi connectivity index (χ1) is 8.58. The van der Waals surface area contributed by atoms with Crippen LogP contribution in [0.15, 0.2) is 18.3 Å². The normalized spacial score (nSPS) is 17.2. The summed E-state index contributed by atoms with van der Waals surface area (Å²) in [5.41, 5.74) is 0.778. The highest BCUT2D eigenvalue weighted by Gasteiger charge is 2.39. The van der Waals surface area contributed by atoms with Gasteiger partial charge in [0.05, 0.1) is 5.60 Å². The van der Waals surface area contributed by atoms with E-state index in [1.807, 2.05) is 24.8 Å². The fraction of sp³-hybridized carbons (Fsp3) is 0.538. The highest BCUT2D eigenvalue weighted by Crippen LogP contribution is 2.29. The van der Waals surface area contributed by atoms with Crippen LogP contribution in [0.5, 0.6) is 0 Å². The molecule has 18 heavy (non-hydrogen) atoms. The number of aromatic nitrogens is 1. The van der Waals surface area contributed by atoms with Gasteiger partial charge in [-0.1, -0.05) is 6.92 Å². The topological polar surface area (TPSA) is 65.5 Å². The van der Waals surface area contributed by atoms with E-state index in [0.717, 1.165) is 12.1 Å². The number of amides is 1. The Kier molecular flexibility index (Phi) is 3.52. The molecule has 1 aromatic rings. The highest BCUT2D eigenvalue weighted by molar-refractivity contribution is 5.93. The molecular formula is C13H19N3O2. The Labute approximate surface area is 107 Å². The van der Waals surface area contributed by atoms with E-state index in [9.17, 15) is 9.90 Å². The van der Waals surface area contributed by atoms with E-state index in [-0.39, 0.29) is 5.91 Å². The van der Waals surface area contributed by atoms with Gasteiger partial charge in [-0.05, 0) is 25.5 Å². The third-order valence-corrected chi connectivity index (χ3v) is 3.31. The van der Waals surface area contributed by atoms with Crippen LogP contribution in [0.4, 0.5) is 5.69 Å². The molecule has 1 aliphatic rings. The van der Waals surface area contributed by atoms with Crippen molar-refractivity contribution in [1.29, 1.82) is 0 Å². The van der Waals surface area contributed by atoms with Crippen molar-refractivity contribution in [3.63, 3.8) is 0 Å². The number of nitrogens with one attached hydrogen (secondary N) is 1. The zero-order chi connectivity index (χ0) is 13.2. The van der Waals surface area contributed by atoms with Crippen LogP contribution in [0, 0.1) is 0 Å². The quantitative estimate of drug-likeness (QED) is 0.828. The fourth-order valence-corrected chi connectivity index (χ4v) is 2.06. The molecule has 0 unspecified atom stereocenters. The number of β-amino-alcohol motifs (C(OH)–C–C–N with tert-alkyl or cyclic N) is 1. The Morgan fingerprint density at radius 1 is 1.56 bits per heavy atom. The Balaban J connectivity index is 2.07. The maximum atomic E-state index is 11.7. The third kappa shape index (κ3) is 2.46. The number of aliphatic hydroxyl groups is 1. The maximum absolute atomic E-state index is 11.7. The number of carbonyl (C=O) groups is 1. The lowest BCUT2D eigenvalue weighted by Crippen LogP contribution is -2.61. The molecule has 1 amide bonds. The van der Waals surface area contributed by atoms with Crippen LogP contribution in [0.2, 0.25) is 0 Å². The van der Waals surface area contributed by atoms with Crippen molar-refractivity contribution in [3.8, 4) is 0 Å². The molecule has 0 aromatic carbocycles. The van der Waals surface area contributed by atoms with E-state index in [1.54, 1.807) is 12.3 Å². The number of nitrogens with zero attached hydrogens (tertiary/aromatic N) is 2. The summed E-state index contributed by atoms with van der Waals surface area (Å²) < 4.78 is 0. The lowest BCUT2D eigenvalue weighted by atomic mass is 9.91. The minimum Gasteiger partial charge on any atom is -0.386 e. The molecule has 0 saturated carbocycles. The van der Waals surface area contributed by atoms with Gasteiger partial charge in [0.1, 0.15) is 5.69 Å². The van der Waals surface area contributed by atoms with Crippen molar-refractivity contribution < 1.29 is 9.90 Å². The van der Waals surface area contributed by atoms with E-state index in [1.165, 1.54) is 0 Å². The van der Waals surface area contributed by atoms with Gasteiger partial charge in [-0.25, -0.2) is 0 Å². The van der Waals surface area contributed by atoms with Crippen LogP contribution in [0.1, 0.15) is 30.8 Å². The van der Waals surface area contributed by atoms with Gasteiger partial charge < -0.3 is 15.3 Å². The average molecular weight is 249 g/mol. The first-order valence-corrected chi connectivity index (χ1v) is 6.29. The van der Waals surface area contributed by atoms with Crippen LogP contribution in [0.25, 0.3) is 0 Å². The molecule has 5 nitrogen and oxygen atoms in total. The minimum absolute atomic E-state index is 0.161. The second kappa shape index (κ2) is 4.94. The van der Waals surface area contributed by atoms with Gasteiger partial charge >= 0.3 is 0 Å². The summed E-state index contributed by atoms with van der Waals surface area (Å²) in [4.78, 5) is 17.8. The first-order valence-electron chi connectivity index (χ1n) is 6.29. The van der Waals surface area contributed by atoms with Crippen molar-refractivity contribution in [2.24, 2.45) is 0 Å². The Morgan fingerprint density at radius 3 is 2.89 bits per heavy atom. The van der Waals surface area contributed by atoms with Crippen LogP contribution in [0.3, 0.4) is 0 Å². The van der Waals surface area contributed by atoms with Crippen molar-refractivity contribution in [3.05, 3.63) is 24.0 Å². The molecule has 0 aliphatic carbocycles. The summed E-state index contributed by atoms with van der Waals surface area (Å²) in [5, 5.41) is 12.7. The average Bonchev–Trinajstić information content (AvgIpc) is 2.35. The predicted molar refractivity (Wildman–Crippen MR) is 69.7 cm³/mol. The van der Waals surface area contributed by atoms with Gasteiger partial charge in [-0.15, -0.1) is 0 Å². The molecule has 0 radical (unpaired) electrons. The monoisotopic (exact) mass is 249 g/mol. The van der Waals surface area contributed by atoms with Gasteiger partial charge in [0.25, 0.3) is 5.91 Å². The van der Waals surface area contributed by atoms with Gasteiger partial charge in [0, 0.05) is 31.5 Å². The number of carbonyl (C=O) groups excluding carboxylic acids is 1. The van der Waals surface area contributed by atoms with Crippen LogP contribution in [-0.2, 0) is 0 Å². The standard InChI is InChI=1S/C13H19N3O2/c1-3-13(18)8-16(9-13)10-5-6-15-11(7-10)12(17)14-4-2/h5-7,18H,3-4,8-9H2,1-2H3,(H,14,17). The minimum atomic E-state index is -0.574. The van der Waals surface area contributed by atoms with Crippen molar-refractivity contribution in [2.45, 2.75) is 25.9 Å². The van der Waals surface area contributed by atoms with E-state index < -0.39 is 5.60 Å². The lowest BCUT2D eigenvalue weighted by molar-refractivity contribution is 0.00852. The van der Waals surface area contributed by atoms with Gasteiger partial charge in [-0.2, -0.15) is 0 Å². The smallest absolute Gasteiger partial charge is 0.269 e. The molecule has 5 heteroatoms. The largest absolute Gasteiger partial charge is 0.386 e. The number of anilines is 1. The van der Waals surface area contributed by atoms with Crippen molar-refractivity contribution in [2.75, 3.05) is 24.5 Å². The molecule has 98 valence electrons. The second-order valence-corrected chi connectivity index (χ2v) is 4.69. The molecule has 2 N–H and O–H groups in total. The van der Waals surface area contributed by atoms with Crippen LogP contribution >= 0.6 is 0 Å². The molecule has 1 saturated heterocycles. The lowest BCUT2D eigenvalue weighted by Gasteiger charge is -2.47. The summed E-state index contributed by atoms with van der Waals surface area (Å²) in [6.07, 6.45) is 2.38. The predicted octanol–water partition coefficient (Wildman–Crippen LogP) is 0.792. The molecular weight excluding hydrogens is 230 g/mol. The van der Waals surface area contributed by atoms with E-state index in [0.29, 0.717) is 25.3 Å². The highest BCUT2D eigenvalue weighted by atomic mass is 16.3. The molecule has 1 aliphatic heterocycles. The van der Waals surface area contributed by atoms with Crippen LogP contribution in [-0.4, -0.2) is 41.2 Å². The van der Waals surface area contributed by atoms with Crippen molar-refractivity contribution >= 4 is 11.6 Å². The summed E-state index contributed by atoms with van der Waals surface area (Å²) >= 11 is 0. The molecule has 1 aromatic heterocycles. The Morgan fingerprint density at radius 2 is 2.28 bits per heavy atom. The van der Waals surface area contributed by atoms with E-state index >= 15 is 0 Å². The molecule has 0 spiro atoms. The van der Waals surface area contributed by atoms with E-state index in [4.69, 9.17) is 0 Å². The maximum Gasteiger partial charge on any atom is 0.269 e. The molecule has 2 rings (SSSR count). The number of hydrogen-bond donors (Lipinski definition) is 2. The molecule has 1 fully saturated rings. The number of rotatable bonds is 4. The van der Waals surface area contributed by atoms with Crippen molar-refractivity contribution in [1.82, 2.24) is 10.3 Å². The zero-order valence-corrected chi connectivity index (χ0v) is 10.8. The summed E-state index contributed by atoms with van der Waals surface area (Å²) in [5.74, 6) is -0.161.